The molecule has 1 heterocycles. The van der Waals surface area contributed by atoms with E-state index in [4.69, 9.17) is 4.99 Å². The van der Waals surface area contributed by atoms with Crippen molar-refractivity contribution in [3.63, 3.8) is 0 Å². The third-order valence-electron chi connectivity index (χ3n) is 3.69. The van der Waals surface area contributed by atoms with Gasteiger partial charge in [0.1, 0.15) is 0 Å². The number of hydrogen-bond acceptors (Lipinski definition) is 1. The molecule has 17 heavy (non-hydrogen) atoms. The molecule has 0 aromatic heterocycles. The summed E-state index contributed by atoms with van der Waals surface area (Å²) in [4.78, 5) is 4.72. The molecule has 3 nitrogen and oxygen atoms in total. The van der Waals surface area contributed by atoms with Crippen LogP contribution in [0.3, 0.4) is 0 Å². The van der Waals surface area contributed by atoms with E-state index >= 15 is 0 Å². The van der Waals surface area contributed by atoms with Crippen LogP contribution in [-0.2, 0) is 6.42 Å². The standard InChI is InChI=1S/C14H19N3/c1-10-4-2-5-11-6-3-7-12(13(10)11)17-14-15-8-9-16-14/h3,6-7,10H,2,4-5,8-9H2,1H3,(H2,15,16,17). The van der Waals surface area contributed by atoms with Crippen LogP contribution in [0.25, 0.3) is 0 Å². The van der Waals surface area contributed by atoms with Crippen LogP contribution < -0.4 is 10.6 Å². The van der Waals surface area contributed by atoms with Crippen molar-refractivity contribution in [2.45, 2.75) is 32.1 Å². The summed E-state index contributed by atoms with van der Waals surface area (Å²) in [5.41, 5.74) is 4.09. The minimum Gasteiger partial charge on any atom is -0.354 e. The number of aliphatic imine (C=N–C) groups is 1. The van der Waals surface area contributed by atoms with Gasteiger partial charge in [0.25, 0.3) is 0 Å². The number of hydrogen-bond donors (Lipinski definition) is 2. The first-order valence-corrected chi connectivity index (χ1v) is 6.53. The fraction of sp³-hybridized carbons (Fsp3) is 0.500. The zero-order valence-electron chi connectivity index (χ0n) is 10.3. The minimum absolute atomic E-state index is 0.640. The largest absolute Gasteiger partial charge is 0.354 e. The number of nitrogens with zero attached hydrogens (tertiary/aromatic N) is 1. The van der Waals surface area contributed by atoms with E-state index in [0.717, 1.165) is 24.7 Å². The molecule has 0 bridgehead atoms. The fourth-order valence-corrected chi connectivity index (χ4v) is 2.85. The Morgan fingerprint density at radius 1 is 1.24 bits per heavy atom. The van der Waals surface area contributed by atoms with Gasteiger partial charge in [-0.1, -0.05) is 19.1 Å². The molecule has 1 aromatic carbocycles. The molecule has 0 amide bonds. The molecule has 3 heteroatoms. The van der Waals surface area contributed by atoms with E-state index in [1.54, 1.807) is 0 Å². The van der Waals surface area contributed by atoms with Crippen molar-refractivity contribution in [3.05, 3.63) is 29.3 Å². The molecule has 0 spiro atoms. The van der Waals surface area contributed by atoms with Crippen LogP contribution in [-0.4, -0.2) is 19.0 Å². The maximum absolute atomic E-state index is 4.72. The van der Waals surface area contributed by atoms with Crippen molar-refractivity contribution >= 4 is 11.6 Å². The van der Waals surface area contributed by atoms with Gasteiger partial charge in [0.05, 0.1) is 5.69 Å². The van der Waals surface area contributed by atoms with E-state index in [-0.39, 0.29) is 0 Å². The summed E-state index contributed by atoms with van der Waals surface area (Å²) in [5.74, 6) is 1.57. The molecule has 1 aromatic rings. The number of rotatable bonds is 1. The molecular weight excluding hydrogens is 210 g/mol. The molecule has 0 radical (unpaired) electrons. The van der Waals surface area contributed by atoms with Crippen LogP contribution in [0.2, 0.25) is 0 Å². The van der Waals surface area contributed by atoms with Crippen molar-refractivity contribution in [1.29, 1.82) is 0 Å². The van der Waals surface area contributed by atoms with Gasteiger partial charge in [-0.15, -0.1) is 0 Å². The van der Waals surface area contributed by atoms with Gasteiger partial charge < -0.3 is 10.6 Å². The van der Waals surface area contributed by atoms with Crippen LogP contribution in [0.1, 0.15) is 36.8 Å². The summed E-state index contributed by atoms with van der Waals surface area (Å²) >= 11 is 0. The van der Waals surface area contributed by atoms with Crippen molar-refractivity contribution < 1.29 is 0 Å². The lowest BCUT2D eigenvalue weighted by Gasteiger charge is -2.23. The normalized spacial score (nSPS) is 22.6. The maximum atomic E-state index is 4.72. The van der Waals surface area contributed by atoms with Gasteiger partial charge in [-0.3, -0.25) is 0 Å². The zero-order valence-corrected chi connectivity index (χ0v) is 10.3. The van der Waals surface area contributed by atoms with E-state index in [0.29, 0.717) is 5.92 Å². The Balaban J connectivity index is 2.01. The molecule has 1 unspecified atom stereocenters. The van der Waals surface area contributed by atoms with Crippen molar-refractivity contribution in [3.8, 4) is 0 Å². The van der Waals surface area contributed by atoms with Gasteiger partial charge in [-0.05, 0) is 42.4 Å². The molecular formula is C14H19N3. The lowest BCUT2D eigenvalue weighted by Crippen LogP contribution is -2.23. The minimum atomic E-state index is 0.640. The predicted molar refractivity (Wildman–Crippen MR) is 70.9 cm³/mol. The van der Waals surface area contributed by atoms with E-state index < -0.39 is 0 Å². The topological polar surface area (TPSA) is 36.4 Å². The van der Waals surface area contributed by atoms with Crippen LogP contribution in [0.4, 0.5) is 5.69 Å². The van der Waals surface area contributed by atoms with Gasteiger partial charge in [-0.2, -0.15) is 0 Å². The third kappa shape index (κ3) is 2.02. The number of guanidine groups is 1. The highest BCUT2D eigenvalue weighted by molar-refractivity contribution is 5.84. The van der Waals surface area contributed by atoms with Crippen LogP contribution in [0.15, 0.2) is 23.2 Å². The monoisotopic (exact) mass is 229 g/mol. The van der Waals surface area contributed by atoms with E-state index in [1.165, 1.54) is 30.4 Å². The van der Waals surface area contributed by atoms with Crippen LogP contribution in [0.5, 0.6) is 0 Å². The maximum Gasteiger partial charge on any atom is 0.196 e. The summed E-state index contributed by atoms with van der Waals surface area (Å²) in [5, 5.41) is 6.53. The molecule has 1 fully saturated rings. The second kappa shape index (κ2) is 4.40. The first-order chi connectivity index (χ1) is 8.34. The fourth-order valence-electron chi connectivity index (χ4n) is 2.85. The third-order valence-corrected chi connectivity index (χ3v) is 3.69. The summed E-state index contributed by atoms with van der Waals surface area (Å²) < 4.78 is 0. The lowest BCUT2D eigenvalue weighted by atomic mass is 9.83. The highest BCUT2D eigenvalue weighted by atomic mass is 15.2. The van der Waals surface area contributed by atoms with Crippen LogP contribution >= 0.6 is 0 Å². The molecule has 1 saturated heterocycles. The summed E-state index contributed by atoms with van der Waals surface area (Å²) in [6.45, 7) is 4.27. The molecule has 90 valence electrons. The first-order valence-electron chi connectivity index (χ1n) is 6.53. The Labute approximate surface area is 102 Å². The summed E-state index contributed by atoms with van der Waals surface area (Å²) in [6, 6.07) is 6.52. The van der Waals surface area contributed by atoms with Gasteiger partial charge in [0.15, 0.2) is 5.96 Å². The van der Waals surface area contributed by atoms with Crippen molar-refractivity contribution in [1.82, 2.24) is 10.6 Å². The number of aryl methyl sites for hydroxylation is 1. The average molecular weight is 229 g/mol. The Morgan fingerprint density at radius 2 is 2.06 bits per heavy atom. The highest BCUT2D eigenvalue weighted by Gasteiger charge is 2.19. The SMILES string of the molecule is CC1CCCc2cccc(N=C3NCCN3)c21. The van der Waals surface area contributed by atoms with E-state index in [2.05, 4.69) is 35.8 Å². The summed E-state index contributed by atoms with van der Waals surface area (Å²) in [6.07, 6.45) is 3.81. The average Bonchev–Trinajstić information content (AvgIpc) is 2.82. The molecule has 1 aliphatic heterocycles. The van der Waals surface area contributed by atoms with Crippen molar-refractivity contribution in [2.75, 3.05) is 13.1 Å². The molecule has 3 rings (SSSR count). The lowest BCUT2D eigenvalue weighted by molar-refractivity contribution is 0.591. The van der Waals surface area contributed by atoms with Crippen molar-refractivity contribution in [2.24, 2.45) is 4.99 Å². The predicted octanol–water partition coefficient (Wildman–Crippen LogP) is 2.31. The Hall–Kier alpha value is -1.51. The first kappa shape index (κ1) is 10.6. The molecule has 1 aliphatic carbocycles. The Morgan fingerprint density at radius 3 is 2.88 bits per heavy atom. The van der Waals surface area contributed by atoms with Gasteiger partial charge in [-0.25, -0.2) is 4.99 Å². The molecule has 2 aliphatic rings. The zero-order chi connectivity index (χ0) is 11.7. The second-order valence-corrected chi connectivity index (χ2v) is 4.96. The quantitative estimate of drug-likeness (QED) is 0.775. The second-order valence-electron chi connectivity index (χ2n) is 4.96. The van der Waals surface area contributed by atoms with Gasteiger partial charge in [0.2, 0.25) is 0 Å². The Bertz CT molecular complexity index is 443. The van der Waals surface area contributed by atoms with E-state index in [9.17, 15) is 0 Å². The molecule has 2 N–H and O–H groups in total. The van der Waals surface area contributed by atoms with Gasteiger partial charge >= 0.3 is 0 Å². The highest BCUT2D eigenvalue weighted by Crippen LogP contribution is 2.37. The van der Waals surface area contributed by atoms with E-state index in [1.807, 2.05) is 0 Å². The number of benzene rings is 1. The molecule has 1 atom stereocenters. The summed E-state index contributed by atoms with van der Waals surface area (Å²) in [7, 11) is 0. The van der Waals surface area contributed by atoms with Crippen LogP contribution in [0, 0.1) is 0 Å². The Kier molecular flexibility index (Phi) is 2.75. The van der Waals surface area contributed by atoms with Gasteiger partial charge in [0, 0.05) is 13.1 Å². The number of fused-ring (bicyclic) bond motifs is 1. The molecule has 0 saturated carbocycles. The smallest absolute Gasteiger partial charge is 0.196 e. The number of nitrogens with one attached hydrogen (secondary N) is 2.